The van der Waals surface area contributed by atoms with Gasteiger partial charge in [-0.3, -0.25) is 4.98 Å². The van der Waals surface area contributed by atoms with Crippen LogP contribution in [0.2, 0.25) is 0 Å². The third-order valence-electron chi connectivity index (χ3n) is 11.6. The molecule has 62 heavy (non-hydrogen) atoms. The maximum Gasteiger partial charge on any atom is 0.164 e. The van der Waals surface area contributed by atoms with Crippen LogP contribution in [0.1, 0.15) is 0 Å². The highest BCUT2D eigenvalue weighted by Crippen LogP contribution is 2.34. The van der Waals surface area contributed by atoms with Crippen molar-refractivity contribution in [3.05, 3.63) is 231 Å². The molecule has 290 valence electrons. The lowest BCUT2D eigenvalue weighted by atomic mass is 9.96. The molecular weight excluding hydrogens is 753 g/mol. The van der Waals surface area contributed by atoms with Gasteiger partial charge < -0.3 is 0 Å². The van der Waals surface area contributed by atoms with Gasteiger partial charge in [0.2, 0.25) is 0 Å². The van der Waals surface area contributed by atoms with Crippen molar-refractivity contribution in [2.45, 2.75) is 0 Å². The summed E-state index contributed by atoms with van der Waals surface area (Å²) in [6.45, 7) is 0. The number of hydrogen-bond donors (Lipinski definition) is 0. The average molecular weight is 791 g/mol. The van der Waals surface area contributed by atoms with Gasteiger partial charge in [0.25, 0.3) is 0 Å². The van der Waals surface area contributed by atoms with E-state index in [9.17, 15) is 0 Å². The number of pyridine rings is 1. The zero-order valence-corrected chi connectivity index (χ0v) is 33.7. The van der Waals surface area contributed by atoms with Gasteiger partial charge in [-0.1, -0.05) is 206 Å². The fraction of sp³-hybridized carbons (Fsp3) is 0. The molecule has 0 N–H and O–H groups in total. The van der Waals surface area contributed by atoms with Crippen molar-refractivity contribution in [1.29, 1.82) is 0 Å². The smallest absolute Gasteiger partial charge is 0.164 e. The lowest BCUT2D eigenvalue weighted by Crippen LogP contribution is -2.00. The minimum Gasteiger partial charge on any atom is -0.256 e. The Kier molecular flexibility index (Phi) is 9.49. The van der Waals surface area contributed by atoms with Gasteiger partial charge in [0, 0.05) is 33.7 Å². The van der Waals surface area contributed by atoms with Crippen LogP contribution in [0.4, 0.5) is 0 Å². The summed E-state index contributed by atoms with van der Waals surface area (Å²) in [4.78, 5) is 20.0. The summed E-state index contributed by atoms with van der Waals surface area (Å²) in [6.07, 6.45) is 1.96. The van der Waals surface area contributed by atoms with Crippen molar-refractivity contribution in [1.82, 2.24) is 19.9 Å². The number of aromatic nitrogens is 4. The average Bonchev–Trinajstić information content (AvgIpc) is 3.37. The van der Waals surface area contributed by atoms with E-state index < -0.39 is 0 Å². The summed E-state index contributed by atoms with van der Waals surface area (Å²) in [7, 11) is 0. The third kappa shape index (κ3) is 7.31. The first-order valence-corrected chi connectivity index (χ1v) is 20.9. The van der Waals surface area contributed by atoms with E-state index >= 15 is 0 Å². The van der Waals surface area contributed by atoms with E-state index in [0.717, 1.165) is 72.1 Å². The van der Waals surface area contributed by atoms with E-state index in [-0.39, 0.29) is 0 Å². The molecule has 2 aromatic heterocycles. The van der Waals surface area contributed by atoms with Crippen LogP contribution in [0.15, 0.2) is 231 Å². The first kappa shape index (κ1) is 36.7. The first-order valence-electron chi connectivity index (χ1n) is 20.9. The van der Waals surface area contributed by atoms with E-state index in [2.05, 4.69) is 212 Å². The van der Waals surface area contributed by atoms with Crippen molar-refractivity contribution in [3.63, 3.8) is 0 Å². The molecule has 11 rings (SSSR count). The number of rotatable bonds is 8. The van der Waals surface area contributed by atoms with Crippen LogP contribution < -0.4 is 0 Å². The molecule has 0 bridgehead atoms. The maximum atomic E-state index is 5.10. The normalized spacial score (nSPS) is 11.2. The molecule has 9 aromatic carbocycles. The quantitative estimate of drug-likeness (QED) is 0.144. The molecule has 2 heterocycles. The van der Waals surface area contributed by atoms with Crippen LogP contribution in [0.25, 0.3) is 111 Å². The Morgan fingerprint density at radius 2 is 0.581 bits per heavy atom. The third-order valence-corrected chi connectivity index (χ3v) is 11.6. The summed E-state index contributed by atoms with van der Waals surface area (Å²) in [6, 6.07) is 78.7. The van der Waals surface area contributed by atoms with Crippen LogP contribution in [0.3, 0.4) is 0 Å². The SMILES string of the molecule is c1ccc(-c2ccc(-c3nc(-c4ccc(-c5ccccc5)cc4)nc(-c4cccc(-c5cccc(-c6ccc(-c7ccc8c(c7)ncc7ccccc78)cc6)c5)c4)n3)cc2)cc1. The van der Waals surface area contributed by atoms with E-state index in [1.807, 2.05) is 18.3 Å². The topological polar surface area (TPSA) is 51.6 Å². The van der Waals surface area contributed by atoms with Crippen LogP contribution in [-0.4, -0.2) is 19.9 Å². The van der Waals surface area contributed by atoms with Crippen LogP contribution in [-0.2, 0) is 0 Å². The zero-order valence-electron chi connectivity index (χ0n) is 33.7. The van der Waals surface area contributed by atoms with Crippen LogP contribution in [0.5, 0.6) is 0 Å². The van der Waals surface area contributed by atoms with Gasteiger partial charge in [-0.2, -0.15) is 0 Å². The second-order valence-electron chi connectivity index (χ2n) is 15.5. The molecule has 0 aliphatic rings. The Morgan fingerprint density at radius 1 is 0.226 bits per heavy atom. The Morgan fingerprint density at radius 3 is 1.13 bits per heavy atom. The molecule has 0 aliphatic carbocycles. The van der Waals surface area contributed by atoms with Gasteiger partial charge in [0.15, 0.2) is 17.5 Å². The van der Waals surface area contributed by atoms with E-state index in [1.165, 1.54) is 21.9 Å². The number of hydrogen-bond acceptors (Lipinski definition) is 4. The molecule has 0 amide bonds. The number of benzene rings is 9. The fourth-order valence-corrected chi connectivity index (χ4v) is 8.26. The van der Waals surface area contributed by atoms with Crippen molar-refractivity contribution >= 4 is 21.7 Å². The van der Waals surface area contributed by atoms with Gasteiger partial charge in [-0.25, -0.2) is 15.0 Å². The molecule has 0 aliphatic heterocycles. The fourth-order valence-electron chi connectivity index (χ4n) is 8.26. The standard InChI is InChI=1S/C58H38N4/c1-3-11-39(12-4-1)41-25-29-45(30-26-41)56-60-57(46-31-27-42(28-32-46)40-13-5-2-6-14-40)62-58(61-56)51-19-10-18-49(36-51)48-17-9-16-47(35-48)43-21-23-44(24-22-43)50-33-34-54-53-20-8-7-15-52(53)38-59-55(54)37-50/h1-38H. The molecule has 0 saturated heterocycles. The molecule has 4 nitrogen and oxygen atoms in total. The molecule has 0 fully saturated rings. The first-order chi connectivity index (χ1) is 30.7. The molecular formula is C58H38N4. The van der Waals surface area contributed by atoms with Crippen molar-refractivity contribution in [3.8, 4) is 89.8 Å². The van der Waals surface area contributed by atoms with Gasteiger partial charge in [-0.15, -0.1) is 0 Å². The van der Waals surface area contributed by atoms with E-state index in [0.29, 0.717) is 17.5 Å². The minimum absolute atomic E-state index is 0.620. The van der Waals surface area contributed by atoms with Crippen molar-refractivity contribution in [2.24, 2.45) is 0 Å². The van der Waals surface area contributed by atoms with Crippen molar-refractivity contribution in [2.75, 3.05) is 0 Å². The highest BCUT2D eigenvalue weighted by Gasteiger charge is 2.15. The molecule has 0 saturated carbocycles. The monoisotopic (exact) mass is 790 g/mol. The van der Waals surface area contributed by atoms with Gasteiger partial charge in [0.1, 0.15) is 0 Å². The Hall–Kier alpha value is -8.34. The molecule has 4 heteroatoms. The summed E-state index contributed by atoms with van der Waals surface area (Å²) >= 11 is 0. The largest absolute Gasteiger partial charge is 0.256 e. The van der Waals surface area contributed by atoms with Crippen LogP contribution >= 0.6 is 0 Å². The predicted molar refractivity (Wildman–Crippen MR) is 256 cm³/mol. The minimum atomic E-state index is 0.620. The predicted octanol–water partition coefficient (Wildman–Crippen LogP) is 14.9. The maximum absolute atomic E-state index is 5.10. The molecule has 0 radical (unpaired) electrons. The molecule has 11 aromatic rings. The van der Waals surface area contributed by atoms with Gasteiger partial charge in [0.05, 0.1) is 5.52 Å². The summed E-state index contributed by atoms with van der Waals surface area (Å²) in [5.74, 6) is 1.87. The molecule has 0 atom stereocenters. The Balaban J connectivity index is 0.913. The Labute approximate surface area is 360 Å². The molecule has 0 unspecified atom stereocenters. The Bertz CT molecular complexity index is 3260. The van der Waals surface area contributed by atoms with E-state index in [4.69, 9.17) is 19.9 Å². The summed E-state index contributed by atoms with van der Waals surface area (Å²) in [5, 5.41) is 3.55. The lowest BCUT2D eigenvalue weighted by Gasteiger charge is -2.11. The number of fused-ring (bicyclic) bond motifs is 3. The number of nitrogens with zero attached hydrogens (tertiary/aromatic N) is 4. The highest BCUT2D eigenvalue weighted by molar-refractivity contribution is 6.06. The van der Waals surface area contributed by atoms with Crippen molar-refractivity contribution < 1.29 is 0 Å². The molecule has 0 spiro atoms. The van der Waals surface area contributed by atoms with Gasteiger partial charge >= 0.3 is 0 Å². The highest BCUT2D eigenvalue weighted by atomic mass is 15.0. The zero-order chi connectivity index (χ0) is 41.2. The second kappa shape index (κ2) is 16.0. The lowest BCUT2D eigenvalue weighted by molar-refractivity contribution is 1.07. The second-order valence-corrected chi connectivity index (χ2v) is 15.5. The summed E-state index contributed by atoms with van der Waals surface area (Å²) in [5.41, 5.74) is 15.2. The van der Waals surface area contributed by atoms with E-state index in [1.54, 1.807) is 0 Å². The van der Waals surface area contributed by atoms with Crippen LogP contribution in [0, 0.1) is 0 Å². The summed E-state index contributed by atoms with van der Waals surface area (Å²) < 4.78 is 0. The van der Waals surface area contributed by atoms with Gasteiger partial charge in [-0.05, 0) is 79.2 Å².